The van der Waals surface area contributed by atoms with Gasteiger partial charge in [0.1, 0.15) is 0 Å². The molecule has 0 spiro atoms. The van der Waals surface area contributed by atoms with E-state index < -0.39 is 0 Å². The summed E-state index contributed by atoms with van der Waals surface area (Å²) in [6, 6.07) is 10.5. The second-order valence-corrected chi connectivity index (χ2v) is 7.20. The number of rotatable bonds is 5. The first-order valence-corrected chi connectivity index (χ1v) is 8.08. The predicted molar refractivity (Wildman–Crippen MR) is 87.4 cm³/mol. The van der Waals surface area contributed by atoms with Gasteiger partial charge in [0, 0.05) is 10.8 Å². The minimum Gasteiger partial charge on any atom is -0.330 e. The average molecular weight is 288 g/mol. The summed E-state index contributed by atoms with van der Waals surface area (Å²) in [6.07, 6.45) is 2.08. The maximum Gasteiger partial charge on any atom is 0.0928 e. The molecule has 0 saturated carbocycles. The second-order valence-electron chi connectivity index (χ2n) is 6.26. The van der Waals surface area contributed by atoms with Crippen molar-refractivity contribution in [2.45, 2.75) is 44.9 Å². The highest BCUT2D eigenvalue weighted by Crippen LogP contribution is 2.26. The van der Waals surface area contributed by atoms with E-state index in [1.165, 1.54) is 16.3 Å². The van der Waals surface area contributed by atoms with Crippen molar-refractivity contribution in [3.8, 4) is 0 Å². The first-order valence-electron chi connectivity index (χ1n) is 7.20. The summed E-state index contributed by atoms with van der Waals surface area (Å²) in [5.41, 5.74) is 8.60. The Morgan fingerprint density at radius 2 is 1.90 bits per heavy atom. The van der Waals surface area contributed by atoms with E-state index in [2.05, 4.69) is 50.4 Å². The molecule has 2 N–H and O–H groups in total. The van der Waals surface area contributed by atoms with E-state index in [4.69, 9.17) is 10.7 Å². The van der Waals surface area contributed by atoms with Gasteiger partial charge in [-0.15, -0.1) is 11.3 Å². The Bertz CT molecular complexity index is 525. The molecule has 3 heteroatoms. The van der Waals surface area contributed by atoms with Crippen LogP contribution in [0.2, 0.25) is 0 Å². The van der Waals surface area contributed by atoms with Gasteiger partial charge >= 0.3 is 0 Å². The van der Waals surface area contributed by atoms with Crippen LogP contribution in [0.4, 0.5) is 0 Å². The van der Waals surface area contributed by atoms with Gasteiger partial charge in [0.2, 0.25) is 0 Å². The van der Waals surface area contributed by atoms with Crippen LogP contribution in [0.3, 0.4) is 0 Å². The molecule has 0 saturated heterocycles. The van der Waals surface area contributed by atoms with Gasteiger partial charge in [0.25, 0.3) is 0 Å². The molecule has 0 aliphatic carbocycles. The van der Waals surface area contributed by atoms with Crippen LogP contribution < -0.4 is 5.73 Å². The van der Waals surface area contributed by atoms with Gasteiger partial charge in [-0.1, -0.05) is 51.1 Å². The number of benzene rings is 1. The average Bonchev–Trinajstić information content (AvgIpc) is 2.89. The van der Waals surface area contributed by atoms with E-state index in [1.807, 2.05) is 6.07 Å². The first-order chi connectivity index (χ1) is 9.50. The lowest BCUT2D eigenvalue weighted by Crippen LogP contribution is -2.14. The number of thiazole rings is 1. The molecule has 1 aromatic carbocycles. The molecule has 0 fully saturated rings. The van der Waals surface area contributed by atoms with Crippen molar-refractivity contribution in [3.63, 3.8) is 0 Å². The molecule has 108 valence electrons. The molecule has 1 atom stereocenters. The molecule has 0 amide bonds. The fourth-order valence-corrected chi connectivity index (χ4v) is 3.25. The highest BCUT2D eigenvalue weighted by molar-refractivity contribution is 7.09. The minimum atomic E-state index is 0.140. The van der Waals surface area contributed by atoms with E-state index in [0.717, 1.165) is 12.8 Å². The van der Waals surface area contributed by atoms with Crippen LogP contribution in [0.1, 0.15) is 49.4 Å². The molecule has 0 bridgehead atoms. The lowest BCUT2D eigenvalue weighted by Gasteiger charge is -2.15. The Hall–Kier alpha value is -1.19. The van der Waals surface area contributed by atoms with Crippen LogP contribution in [-0.4, -0.2) is 11.5 Å². The van der Waals surface area contributed by atoms with Crippen LogP contribution in [0.25, 0.3) is 0 Å². The highest BCUT2D eigenvalue weighted by atomic mass is 32.1. The minimum absolute atomic E-state index is 0.140. The Balaban J connectivity index is 1.99. The lowest BCUT2D eigenvalue weighted by molar-refractivity contribution is 0.567. The van der Waals surface area contributed by atoms with Gasteiger partial charge in [0.15, 0.2) is 0 Å². The van der Waals surface area contributed by atoms with Gasteiger partial charge in [0.05, 0.1) is 10.7 Å². The SMILES string of the molecule is CC(C)(C)c1csc(CCC(CN)c2ccccc2)n1. The number of aryl methyl sites for hydroxylation is 1. The standard InChI is InChI=1S/C17H24N2S/c1-17(2,3)15-12-20-16(19-15)10-9-14(11-18)13-7-5-4-6-8-13/h4-8,12,14H,9-11,18H2,1-3H3. The fourth-order valence-electron chi connectivity index (χ4n) is 2.21. The van der Waals surface area contributed by atoms with E-state index in [1.54, 1.807) is 11.3 Å². The van der Waals surface area contributed by atoms with E-state index in [-0.39, 0.29) is 5.41 Å². The van der Waals surface area contributed by atoms with Crippen molar-refractivity contribution >= 4 is 11.3 Å². The molecule has 0 radical (unpaired) electrons. The topological polar surface area (TPSA) is 38.9 Å². The molecule has 20 heavy (non-hydrogen) atoms. The van der Waals surface area contributed by atoms with Crippen LogP contribution >= 0.6 is 11.3 Å². The normalized spacial score (nSPS) is 13.4. The van der Waals surface area contributed by atoms with Crippen LogP contribution in [0.15, 0.2) is 35.7 Å². The quantitative estimate of drug-likeness (QED) is 0.899. The summed E-state index contributed by atoms with van der Waals surface area (Å²) in [4.78, 5) is 4.76. The number of hydrogen-bond donors (Lipinski definition) is 1. The van der Waals surface area contributed by atoms with Gasteiger partial charge in [-0.3, -0.25) is 0 Å². The number of hydrogen-bond acceptors (Lipinski definition) is 3. The van der Waals surface area contributed by atoms with Crippen LogP contribution in [0, 0.1) is 0 Å². The molecule has 0 aliphatic heterocycles. The van der Waals surface area contributed by atoms with Crippen molar-refractivity contribution < 1.29 is 0 Å². The molecule has 1 heterocycles. The maximum atomic E-state index is 5.93. The number of nitrogens with two attached hydrogens (primary N) is 1. The largest absolute Gasteiger partial charge is 0.330 e. The number of aromatic nitrogens is 1. The molecule has 2 nitrogen and oxygen atoms in total. The van der Waals surface area contributed by atoms with Crippen molar-refractivity contribution in [1.29, 1.82) is 0 Å². The van der Waals surface area contributed by atoms with Gasteiger partial charge in [-0.2, -0.15) is 0 Å². The fraction of sp³-hybridized carbons (Fsp3) is 0.471. The highest BCUT2D eigenvalue weighted by Gasteiger charge is 2.18. The Morgan fingerprint density at radius 3 is 2.45 bits per heavy atom. The molecule has 1 unspecified atom stereocenters. The summed E-state index contributed by atoms with van der Waals surface area (Å²) in [6.45, 7) is 7.32. The smallest absolute Gasteiger partial charge is 0.0928 e. The summed E-state index contributed by atoms with van der Waals surface area (Å²) in [5, 5.41) is 3.42. The molecule has 2 rings (SSSR count). The Morgan fingerprint density at radius 1 is 1.20 bits per heavy atom. The zero-order chi connectivity index (χ0) is 14.6. The van der Waals surface area contributed by atoms with E-state index in [9.17, 15) is 0 Å². The van der Waals surface area contributed by atoms with Gasteiger partial charge in [-0.25, -0.2) is 4.98 Å². The molecular weight excluding hydrogens is 264 g/mol. The summed E-state index contributed by atoms with van der Waals surface area (Å²) < 4.78 is 0. The van der Waals surface area contributed by atoms with Crippen LogP contribution in [-0.2, 0) is 11.8 Å². The molecule has 2 aromatic rings. The summed E-state index contributed by atoms with van der Waals surface area (Å²) in [5.74, 6) is 0.429. The van der Waals surface area contributed by atoms with Crippen molar-refractivity contribution in [3.05, 3.63) is 52.0 Å². The molecule has 0 aliphatic rings. The third-order valence-corrected chi connectivity index (χ3v) is 4.49. The third kappa shape index (κ3) is 3.90. The molecular formula is C17H24N2S. The Kier molecular flexibility index (Phi) is 4.95. The number of nitrogens with zero attached hydrogens (tertiary/aromatic N) is 1. The summed E-state index contributed by atoms with van der Waals surface area (Å²) >= 11 is 1.77. The summed E-state index contributed by atoms with van der Waals surface area (Å²) in [7, 11) is 0. The zero-order valence-corrected chi connectivity index (χ0v) is 13.4. The van der Waals surface area contributed by atoms with Crippen molar-refractivity contribution in [1.82, 2.24) is 4.98 Å². The van der Waals surface area contributed by atoms with E-state index in [0.29, 0.717) is 12.5 Å². The Labute approximate surface area is 126 Å². The maximum absolute atomic E-state index is 5.93. The molecule has 1 aromatic heterocycles. The van der Waals surface area contributed by atoms with Crippen molar-refractivity contribution in [2.75, 3.05) is 6.54 Å². The third-order valence-electron chi connectivity index (χ3n) is 3.58. The zero-order valence-electron chi connectivity index (χ0n) is 12.6. The van der Waals surface area contributed by atoms with Gasteiger partial charge in [-0.05, 0) is 30.9 Å². The first kappa shape index (κ1) is 15.2. The second kappa shape index (κ2) is 6.51. The predicted octanol–water partition coefficient (Wildman–Crippen LogP) is 4.12. The van der Waals surface area contributed by atoms with E-state index >= 15 is 0 Å². The lowest BCUT2D eigenvalue weighted by atomic mass is 9.93. The van der Waals surface area contributed by atoms with Crippen molar-refractivity contribution in [2.24, 2.45) is 5.73 Å². The monoisotopic (exact) mass is 288 g/mol. The van der Waals surface area contributed by atoms with Gasteiger partial charge < -0.3 is 5.73 Å². The van der Waals surface area contributed by atoms with Crippen LogP contribution in [0.5, 0.6) is 0 Å².